The van der Waals surface area contributed by atoms with E-state index in [0.29, 0.717) is 12.5 Å². The van der Waals surface area contributed by atoms with Gasteiger partial charge in [-0.15, -0.1) is 0 Å². The van der Waals surface area contributed by atoms with E-state index in [2.05, 4.69) is 16.4 Å². The molecule has 1 aliphatic carbocycles. The van der Waals surface area contributed by atoms with Gasteiger partial charge in [-0.25, -0.2) is 0 Å². The third kappa shape index (κ3) is 3.45. The number of anilines is 2. The molecule has 0 saturated carbocycles. The number of hydrogen-bond acceptors (Lipinski definition) is 3. The molecule has 3 rings (SSSR count). The number of benzene rings is 1. The molecule has 2 aromatic rings. The molecule has 1 aliphatic rings. The summed E-state index contributed by atoms with van der Waals surface area (Å²) in [5.41, 5.74) is 3.39. The highest BCUT2D eigenvalue weighted by Crippen LogP contribution is 2.22. The highest BCUT2D eigenvalue weighted by atomic mass is 19.1. The van der Waals surface area contributed by atoms with E-state index in [1.54, 1.807) is 4.57 Å². The van der Waals surface area contributed by atoms with Gasteiger partial charge in [0.2, 0.25) is 11.8 Å². The molecule has 0 unspecified atom stereocenters. The van der Waals surface area contributed by atoms with Crippen molar-refractivity contribution >= 4 is 11.6 Å². The second-order valence-corrected chi connectivity index (χ2v) is 6.01. The molecule has 24 heavy (non-hydrogen) atoms. The average molecular weight is 325 g/mol. The predicted molar refractivity (Wildman–Crippen MR) is 94.1 cm³/mol. The molecule has 0 aliphatic heterocycles. The van der Waals surface area contributed by atoms with E-state index in [9.17, 15) is 9.18 Å². The van der Waals surface area contributed by atoms with E-state index in [0.717, 1.165) is 29.7 Å². The molecule has 0 spiro atoms. The van der Waals surface area contributed by atoms with E-state index in [-0.39, 0.29) is 0 Å². The number of nitrogens with one attached hydrogen (secondary N) is 1. The van der Waals surface area contributed by atoms with Crippen molar-refractivity contribution in [1.29, 1.82) is 0 Å². The Morgan fingerprint density at radius 1 is 1.33 bits per heavy atom. The lowest BCUT2D eigenvalue weighted by molar-refractivity contribution is 0.575. The van der Waals surface area contributed by atoms with Gasteiger partial charge < -0.3 is 9.88 Å². The monoisotopic (exact) mass is 325 g/mol. The van der Waals surface area contributed by atoms with Crippen molar-refractivity contribution in [3.63, 3.8) is 0 Å². The topological polar surface area (TPSA) is 46.9 Å². The Labute approximate surface area is 140 Å². The molecule has 0 amide bonds. The number of aromatic nitrogens is 2. The van der Waals surface area contributed by atoms with Crippen molar-refractivity contribution in [1.82, 2.24) is 9.55 Å². The fourth-order valence-corrected chi connectivity index (χ4v) is 2.70. The molecular formula is C19H20FN3O. The number of allylic oxidation sites excluding steroid dienone is 4. The van der Waals surface area contributed by atoms with E-state index >= 15 is 0 Å². The fraction of sp³-hybridized carbons (Fsp3) is 0.263. The van der Waals surface area contributed by atoms with Crippen LogP contribution in [-0.4, -0.2) is 9.55 Å². The summed E-state index contributed by atoms with van der Waals surface area (Å²) in [7, 11) is 0. The predicted octanol–water partition coefficient (Wildman–Crippen LogP) is 4.02. The van der Waals surface area contributed by atoms with Gasteiger partial charge in [-0.05, 0) is 43.9 Å². The minimum absolute atomic E-state index is 0.352. The van der Waals surface area contributed by atoms with Crippen LogP contribution in [0.1, 0.15) is 24.0 Å². The molecule has 1 N–H and O–H groups in total. The minimum atomic E-state index is -0.850. The standard InChI is InChI=1S/C19H20FN3O/c1-13-7-6-10-17(14(13)2)21-19-22-18(24)16(20)12-23(19)11-15-8-4-3-5-9-15/h3-4,6-8,10,12H,5,9,11H2,1-2H3,(H,21,22,24). The summed E-state index contributed by atoms with van der Waals surface area (Å²) >= 11 is 0. The molecule has 0 saturated heterocycles. The Morgan fingerprint density at radius 3 is 2.92 bits per heavy atom. The normalized spacial score (nSPS) is 13.7. The number of halogens is 1. The highest BCUT2D eigenvalue weighted by molar-refractivity contribution is 5.60. The summed E-state index contributed by atoms with van der Waals surface area (Å²) in [6, 6.07) is 5.88. The van der Waals surface area contributed by atoms with Crippen molar-refractivity contribution in [2.45, 2.75) is 33.2 Å². The third-order valence-corrected chi connectivity index (χ3v) is 4.28. The summed E-state index contributed by atoms with van der Waals surface area (Å²) < 4.78 is 15.4. The Balaban J connectivity index is 1.98. The van der Waals surface area contributed by atoms with Crippen LogP contribution in [0.3, 0.4) is 0 Å². The molecule has 124 valence electrons. The molecule has 0 fully saturated rings. The molecule has 5 heteroatoms. The smallest absolute Gasteiger partial charge is 0.310 e. The summed E-state index contributed by atoms with van der Waals surface area (Å²) in [5, 5.41) is 3.18. The first-order valence-electron chi connectivity index (χ1n) is 7.99. The SMILES string of the molecule is Cc1cccc(Nc2nc(=O)c(F)cn2CC2=CC=CCC2)c1C. The van der Waals surface area contributed by atoms with Gasteiger partial charge in [0.05, 0.1) is 0 Å². The largest absolute Gasteiger partial charge is 0.325 e. The first kappa shape index (κ1) is 16.2. The van der Waals surface area contributed by atoms with Crippen LogP contribution in [0.4, 0.5) is 16.0 Å². The van der Waals surface area contributed by atoms with Crippen LogP contribution >= 0.6 is 0 Å². The van der Waals surface area contributed by atoms with Crippen LogP contribution in [0.5, 0.6) is 0 Å². The summed E-state index contributed by atoms with van der Waals surface area (Å²) in [4.78, 5) is 15.5. The van der Waals surface area contributed by atoms with Crippen LogP contribution in [-0.2, 0) is 6.54 Å². The molecule has 1 aromatic heterocycles. The lowest BCUT2D eigenvalue weighted by Crippen LogP contribution is -2.20. The maximum atomic E-state index is 13.7. The molecule has 4 nitrogen and oxygen atoms in total. The van der Waals surface area contributed by atoms with Crippen LogP contribution < -0.4 is 10.9 Å². The van der Waals surface area contributed by atoms with E-state index in [1.165, 1.54) is 11.8 Å². The van der Waals surface area contributed by atoms with Crippen molar-refractivity contribution in [2.24, 2.45) is 0 Å². The first-order valence-corrected chi connectivity index (χ1v) is 7.99. The zero-order chi connectivity index (χ0) is 17.1. The summed E-state index contributed by atoms with van der Waals surface area (Å²) in [5.74, 6) is -0.487. The van der Waals surface area contributed by atoms with Gasteiger partial charge in [-0.2, -0.15) is 9.37 Å². The third-order valence-electron chi connectivity index (χ3n) is 4.28. The Bertz CT molecular complexity index is 881. The molecule has 0 bridgehead atoms. The molecular weight excluding hydrogens is 305 g/mol. The average Bonchev–Trinajstić information content (AvgIpc) is 2.57. The maximum Gasteiger partial charge on any atom is 0.310 e. The highest BCUT2D eigenvalue weighted by Gasteiger charge is 2.12. The van der Waals surface area contributed by atoms with Crippen molar-refractivity contribution < 1.29 is 4.39 Å². The fourth-order valence-electron chi connectivity index (χ4n) is 2.70. The van der Waals surface area contributed by atoms with Gasteiger partial charge in [-0.3, -0.25) is 4.79 Å². The number of nitrogens with zero attached hydrogens (tertiary/aromatic N) is 2. The molecule has 1 aromatic carbocycles. The number of rotatable bonds is 4. The van der Waals surface area contributed by atoms with Crippen molar-refractivity contribution in [2.75, 3.05) is 5.32 Å². The van der Waals surface area contributed by atoms with Gasteiger partial charge in [-0.1, -0.05) is 35.9 Å². The number of aryl methyl sites for hydroxylation is 1. The van der Waals surface area contributed by atoms with Crippen LogP contribution in [0, 0.1) is 19.7 Å². The van der Waals surface area contributed by atoms with Crippen LogP contribution in [0.25, 0.3) is 0 Å². The maximum absolute atomic E-state index is 13.7. The Kier molecular flexibility index (Phi) is 4.60. The van der Waals surface area contributed by atoms with Gasteiger partial charge in [0.1, 0.15) is 0 Å². The second kappa shape index (κ2) is 6.83. The second-order valence-electron chi connectivity index (χ2n) is 6.01. The van der Waals surface area contributed by atoms with E-state index in [1.807, 2.05) is 44.2 Å². The minimum Gasteiger partial charge on any atom is -0.325 e. The van der Waals surface area contributed by atoms with Gasteiger partial charge in [0, 0.05) is 18.4 Å². The van der Waals surface area contributed by atoms with Crippen molar-refractivity contribution in [3.8, 4) is 0 Å². The summed E-state index contributed by atoms with van der Waals surface area (Å²) in [6.45, 7) is 4.52. The van der Waals surface area contributed by atoms with Crippen molar-refractivity contribution in [3.05, 3.63) is 75.5 Å². The van der Waals surface area contributed by atoms with Crippen LogP contribution in [0.2, 0.25) is 0 Å². The first-order chi connectivity index (χ1) is 11.5. The zero-order valence-corrected chi connectivity index (χ0v) is 13.8. The Hall–Kier alpha value is -2.69. The molecule has 1 heterocycles. The van der Waals surface area contributed by atoms with Gasteiger partial charge in [0.15, 0.2) is 0 Å². The van der Waals surface area contributed by atoms with Gasteiger partial charge >= 0.3 is 5.56 Å². The molecule has 0 radical (unpaired) electrons. The van der Waals surface area contributed by atoms with Gasteiger partial charge in [0.25, 0.3) is 0 Å². The van der Waals surface area contributed by atoms with Crippen LogP contribution in [0.15, 0.2) is 53.0 Å². The number of hydrogen-bond donors (Lipinski definition) is 1. The lowest BCUT2D eigenvalue weighted by atomic mass is 10.1. The lowest BCUT2D eigenvalue weighted by Gasteiger charge is -2.18. The van der Waals surface area contributed by atoms with E-state index < -0.39 is 11.4 Å². The summed E-state index contributed by atoms with van der Waals surface area (Å²) in [6.07, 6.45) is 9.25. The zero-order valence-electron chi connectivity index (χ0n) is 13.8. The quantitative estimate of drug-likeness (QED) is 0.923. The molecule has 0 atom stereocenters. The Morgan fingerprint density at radius 2 is 2.17 bits per heavy atom. The van der Waals surface area contributed by atoms with E-state index in [4.69, 9.17) is 0 Å².